The quantitative estimate of drug-likeness (QED) is 0.536. The maximum atomic E-state index is 4.55. The summed E-state index contributed by atoms with van der Waals surface area (Å²) in [6.07, 6.45) is 14.3. The van der Waals surface area contributed by atoms with Crippen LogP contribution < -0.4 is 5.32 Å². The van der Waals surface area contributed by atoms with Crippen LogP contribution in [0, 0.1) is 6.92 Å². The van der Waals surface area contributed by atoms with E-state index in [9.17, 15) is 0 Å². The SMILES string of the molecule is CCCCCCCCCCNc1nc(C)cn1CCC. The van der Waals surface area contributed by atoms with Crippen LogP contribution in [0.3, 0.4) is 0 Å². The molecule has 1 N–H and O–H groups in total. The van der Waals surface area contributed by atoms with Crippen molar-refractivity contribution in [1.29, 1.82) is 0 Å². The summed E-state index contributed by atoms with van der Waals surface area (Å²) in [6.45, 7) is 8.65. The van der Waals surface area contributed by atoms with Crippen molar-refractivity contribution >= 4 is 5.95 Å². The van der Waals surface area contributed by atoms with Gasteiger partial charge in [-0.05, 0) is 19.8 Å². The first-order valence-electron chi connectivity index (χ1n) is 8.55. The van der Waals surface area contributed by atoms with Gasteiger partial charge in [0.05, 0.1) is 5.69 Å². The fourth-order valence-electron chi connectivity index (χ4n) is 2.56. The van der Waals surface area contributed by atoms with Crippen LogP contribution in [0.4, 0.5) is 5.95 Å². The third-order valence-electron chi connectivity index (χ3n) is 3.67. The highest BCUT2D eigenvalue weighted by Crippen LogP contribution is 2.11. The van der Waals surface area contributed by atoms with Gasteiger partial charge in [-0.3, -0.25) is 0 Å². The lowest BCUT2D eigenvalue weighted by molar-refractivity contribution is 0.580. The number of aryl methyl sites for hydroxylation is 2. The Labute approximate surface area is 125 Å². The zero-order valence-corrected chi connectivity index (χ0v) is 13.7. The standard InChI is InChI=1S/C17H33N3/c1-4-6-7-8-9-10-11-12-13-18-17-19-16(3)15-20(17)14-5-2/h15H,4-14H2,1-3H3,(H,18,19). The molecule has 1 aromatic heterocycles. The van der Waals surface area contributed by atoms with Crippen molar-refractivity contribution in [2.24, 2.45) is 0 Å². The van der Waals surface area contributed by atoms with Gasteiger partial charge in [-0.2, -0.15) is 0 Å². The van der Waals surface area contributed by atoms with Crippen LogP contribution in [-0.2, 0) is 6.54 Å². The molecule has 0 aromatic carbocycles. The van der Waals surface area contributed by atoms with E-state index in [2.05, 4.69) is 41.8 Å². The Morgan fingerprint density at radius 2 is 1.60 bits per heavy atom. The number of imidazole rings is 1. The summed E-state index contributed by atoms with van der Waals surface area (Å²) < 4.78 is 2.24. The van der Waals surface area contributed by atoms with Gasteiger partial charge in [0.2, 0.25) is 5.95 Å². The minimum Gasteiger partial charge on any atom is -0.356 e. The first-order valence-corrected chi connectivity index (χ1v) is 8.55. The maximum absolute atomic E-state index is 4.55. The number of hydrogen-bond acceptors (Lipinski definition) is 2. The van der Waals surface area contributed by atoms with Crippen molar-refractivity contribution in [3.05, 3.63) is 11.9 Å². The predicted molar refractivity (Wildman–Crippen MR) is 88.4 cm³/mol. The molecule has 0 saturated carbocycles. The van der Waals surface area contributed by atoms with Gasteiger partial charge in [-0.25, -0.2) is 4.98 Å². The van der Waals surface area contributed by atoms with Crippen molar-refractivity contribution in [2.45, 2.75) is 85.1 Å². The van der Waals surface area contributed by atoms with Gasteiger partial charge in [0.15, 0.2) is 0 Å². The number of aromatic nitrogens is 2. The van der Waals surface area contributed by atoms with Crippen molar-refractivity contribution in [3.63, 3.8) is 0 Å². The Morgan fingerprint density at radius 3 is 2.25 bits per heavy atom. The second-order valence-electron chi connectivity index (χ2n) is 5.80. The lowest BCUT2D eigenvalue weighted by Crippen LogP contribution is -2.08. The second-order valence-corrected chi connectivity index (χ2v) is 5.80. The van der Waals surface area contributed by atoms with Crippen molar-refractivity contribution in [2.75, 3.05) is 11.9 Å². The molecule has 0 bridgehead atoms. The number of nitrogens with one attached hydrogen (secondary N) is 1. The average molecular weight is 279 g/mol. The molecular weight excluding hydrogens is 246 g/mol. The summed E-state index contributed by atoms with van der Waals surface area (Å²) in [5.74, 6) is 1.05. The molecule has 3 heteroatoms. The van der Waals surface area contributed by atoms with E-state index in [0.717, 1.165) is 31.2 Å². The normalized spacial score (nSPS) is 10.9. The molecule has 0 amide bonds. The minimum atomic E-state index is 1.05. The summed E-state index contributed by atoms with van der Waals surface area (Å²) in [4.78, 5) is 4.55. The molecule has 0 atom stereocenters. The fraction of sp³-hybridized carbons (Fsp3) is 0.824. The van der Waals surface area contributed by atoms with Crippen LogP contribution in [0.2, 0.25) is 0 Å². The Balaban J connectivity index is 2.06. The van der Waals surface area contributed by atoms with E-state index in [1.54, 1.807) is 0 Å². The molecule has 0 aliphatic heterocycles. The van der Waals surface area contributed by atoms with Crippen LogP contribution in [-0.4, -0.2) is 16.1 Å². The van der Waals surface area contributed by atoms with E-state index in [1.165, 1.54) is 51.4 Å². The molecule has 0 aliphatic rings. The Morgan fingerprint density at radius 1 is 0.950 bits per heavy atom. The molecule has 20 heavy (non-hydrogen) atoms. The molecule has 1 aromatic rings. The highest BCUT2D eigenvalue weighted by molar-refractivity contribution is 5.28. The molecule has 0 unspecified atom stereocenters. The molecule has 0 radical (unpaired) electrons. The van der Waals surface area contributed by atoms with E-state index in [-0.39, 0.29) is 0 Å². The summed E-state index contributed by atoms with van der Waals surface area (Å²) in [6, 6.07) is 0. The van der Waals surface area contributed by atoms with Gasteiger partial charge in [-0.15, -0.1) is 0 Å². The number of hydrogen-bond donors (Lipinski definition) is 1. The summed E-state index contributed by atoms with van der Waals surface area (Å²) in [5, 5.41) is 3.48. The van der Waals surface area contributed by atoms with Crippen molar-refractivity contribution < 1.29 is 0 Å². The van der Waals surface area contributed by atoms with Crippen molar-refractivity contribution in [3.8, 4) is 0 Å². The van der Waals surface area contributed by atoms with Crippen LogP contribution in [0.1, 0.15) is 77.3 Å². The van der Waals surface area contributed by atoms with Gasteiger partial charge < -0.3 is 9.88 Å². The summed E-state index contributed by atoms with van der Waals surface area (Å²) >= 11 is 0. The minimum absolute atomic E-state index is 1.05. The molecule has 116 valence electrons. The van der Waals surface area contributed by atoms with Gasteiger partial charge in [0.1, 0.15) is 0 Å². The first kappa shape index (κ1) is 17.1. The second kappa shape index (κ2) is 10.8. The first-order chi connectivity index (χ1) is 9.77. The lowest BCUT2D eigenvalue weighted by Gasteiger charge is -2.08. The van der Waals surface area contributed by atoms with Gasteiger partial charge >= 0.3 is 0 Å². The highest BCUT2D eigenvalue weighted by Gasteiger charge is 2.03. The summed E-state index contributed by atoms with van der Waals surface area (Å²) in [7, 11) is 0. The average Bonchev–Trinajstić information content (AvgIpc) is 2.77. The van der Waals surface area contributed by atoms with Gasteiger partial charge in [-0.1, -0.05) is 58.8 Å². The Hall–Kier alpha value is -0.990. The van der Waals surface area contributed by atoms with Gasteiger partial charge in [0.25, 0.3) is 0 Å². The van der Waals surface area contributed by atoms with E-state index >= 15 is 0 Å². The van der Waals surface area contributed by atoms with Crippen molar-refractivity contribution in [1.82, 2.24) is 9.55 Å². The molecule has 1 heterocycles. The third-order valence-corrected chi connectivity index (χ3v) is 3.67. The topological polar surface area (TPSA) is 29.9 Å². The van der Waals surface area contributed by atoms with E-state index in [1.807, 2.05) is 0 Å². The van der Waals surface area contributed by atoms with E-state index in [0.29, 0.717) is 0 Å². The summed E-state index contributed by atoms with van der Waals surface area (Å²) in [5.41, 5.74) is 1.11. The molecule has 0 saturated heterocycles. The molecule has 1 rings (SSSR count). The molecule has 0 spiro atoms. The maximum Gasteiger partial charge on any atom is 0.203 e. The number of nitrogens with zero attached hydrogens (tertiary/aromatic N) is 2. The van der Waals surface area contributed by atoms with Crippen LogP contribution in [0.25, 0.3) is 0 Å². The number of unbranched alkanes of at least 4 members (excludes halogenated alkanes) is 7. The van der Waals surface area contributed by atoms with Crippen LogP contribution in [0.5, 0.6) is 0 Å². The molecule has 3 nitrogen and oxygen atoms in total. The third kappa shape index (κ3) is 6.97. The monoisotopic (exact) mass is 279 g/mol. The van der Waals surface area contributed by atoms with Crippen LogP contribution >= 0.6 is 0 Å². The fourth-order valence-corrected chi connectivity index (χ4v) is 2.56. The van der Waals surface area contributed by atoms with E-state index in [4.69, 9.17) is 0 Å². The number of anilines is 1. The van der Waals surface area contributed by atoms with E-state index < -0.39 is 0 Å². The highest BCUT2D eigenvalue weighted by atomic mass is 15.2. The molecular formula is C17H33N3. The Bertz CT molecular complexity index is 344. The molecule has 0 fully saturated rings. The smallest absolute Gasteiger partial charge is 0.203 e. The predicted octanol–water partition coefficient (Wildman–Crippen LogP) is 5.15. The number of rotatable bonds is 12. The van der Waals surface area contributed by atoms with Crippen LogP contribution in [0.15, 0.2) is 6.20 Å². The molecule has 0 aliphatic carbocycles. The largest absolute Gasteiger partial charge is 0.356 e. The van der Waals surface area contributed by atoms with Gasteiger partial charge in [0, 0.05) is 19.3 Å². The Kier molecular flexibility index (Phi) is 9.18. The zero-order chi connectivity index (χ0) is 14.6. The lowest BCUT2D eigenvalue weighted by atomic mass is 10.1. The zero-order valence-electron chi connectivity index (χ0n) is 13.7.